The van der Waals surface area contributed by atoms with Crippen LogP contribution in [0.2, 0.25) is 0 Å². The number of nitrogens with zero attached hydrogens (tertiary/aromatic N) is 1. The molecule has 1 saturated heterocycles. The Kier molecular flexibility index (Phi) is 5.68. The number of allylic oxidation sites excluding steroid dienone is 4. The van der Waals surface area contributed by atoms with Crippen LogP contribution >= 0.6 is 0 Å². The van der Waals surface area contributed by atoms with Gasteiger partial charge in [-0.15, -0.1) is 0 Å². The van der Waals surface area contributed by atoms with Gasteiger partial charge in [-0.1, -0.05) is 66.8 Å². The molecule has 1 fully saturated rings. The number of aromatic hydroxyl groups is 1. The fraction of sp³-hybridized carbons (Fsp3) is 0.188. The second kappa shape index (κ2) is 9.06. The Morgan fingerprint density at radius 3 is 2.58 bits per heavy atom. The van der Waals surface area contributed by atoms with Crippen molar-refractivity contribution in [2.75, 3.05) is 5.43 Å². The largest absolute Gasteiger partial charge is 0.508 e. The van der Waals surface area contributed by atoms with E-state index in [1.165, 1.54) is 5.01 Å². The number of imide groups is 1. The Hall–Kier alpha value is -4.58. The first-order chi connectivity index (χ1) is 18.4. The molecule has 38 heavy (non-hydrogen) atoms. The van der Waals surface area contributed by atoms with Crippen LogP contribution in [0.1, 0.15) is 23.1 Å². The second-order valence-electron chi connectivity index (χ2n) is 10.1. The highest BCUT2D eigenvalue weighted by Crippen LogP contribution is 2.56. The number of nitrogens with one attached hydrogen (secondary N) is 1. The average Bonchev–Trinajstić information content (AvgIpc) is 3.16. The van der Waals surface area contributed by atoms with Crippen LogP contribution in [-0.4, -0.2) is 21.9 Å². The lowest BCUT2D eigenvalue weighted by Crippen LogP contribution is -2.51. The van der Waals surface area contributed by atoms with E-state index in [2.05, 4.69) is 12.0 Å². The third-order valence-corrected chi connectivity index (χ3v) is 7.93. The first kappa shape index (κ1) is 23.8. The summed E-state index contributed by atoms with van der Waals surface area (Å²) in [5.41, 5.74) is 6.97. The molecule has 6 heteroatoms. The lowest BCUT2D eigenvalue weighted by atomic mass is 9.55. The minimum Gasteiger partial charge on any atom is -0.508 e. The van der Waals surface area contributed by atoms with E-state index >= 15 is 0 Å². The predicted molar refractivity (Wildman–Crippen MR) is 145 cm³/mol. The van der Waals surface area contributed by atoms with Gasteiger partial charge in [0.1, 0.15) is 11.5 Å². The summed E-state index contributed by atoms with van der Waals surface area (Å²) in [4.78, 5) is 28.6. The van der Waals surface area contributed by atoms with E-state index < -0.39 is 17.3 Å². The van der Waals surface area contributed by atoms with E-state index in [1.54, 1.807) is 30.5 Å². The van der Waals surface area contributed by atoms with E-state index in [9.17, 15) is 14.7 Å². The van der Waals surface area contributed by atoms with Crippen LogP contribution in [0.15, 0.2) is 109 Å². The normalized spacial score (nSPS) is 24.1. The molecule has 3 unspecified atom stereocenters. The number of aryl methyl sites for hydroxylation is 1. The molecule has 3 atom stereocenters. The lowest BCUT2D eigenvalue weighted by Gasteiger charge is -2.44. The molecule has 190 valence electrons. The number of rotatable bonds is 5. The van der Waals surface area contributed by atoms with Crippen molar-refractivity contribution in [3.8, 4) is 11.5 Å². The molecule has 2 amide bonds. The molecular formula is C32H28N2O4. The van der Waals surface area contributed by atoms with E-state index in [4.69, 9.17) is 4.74 Å². The van der Waals surface area contributed by atoms with Gasteiger partial charge in [0.05, 0.1) is 23.3 Å². The fourth-order valence-electron chi connectivity index (χ4n) is 6.20. The number of hydrogen-bond donors (Lipinski definition) is 2. The monoisotopic (exact) mass is 504 g/mol. The summed E-state index contributed by atoms with van der Waals surface area (Å²) in [6, 6.07) is 22.2. The molecule has 0 spiro atoms. The Morgan fingerprint density at radius 1 is 1.08 bits per heavy atom. The summed E-state index contributed by atoms with van der Waals surface area (Å²) in [5.74, 6) is -0.867. The van der Waals surface area contributed by atoms with Crippen molar-refractivity contribution >= 4 is 17.5 Å². The van der Waals surface area contributed by atoms with Gasteiger partial charge in [0.15, 0.2) is 0 Å². The zero-order valence-corrected chi connectivity index (χ0v) is 21.1. The molecule has 2 aliphatic heterocycles. The molecular weight excluding hydrogens is 476 g/mol. The van der Waals surface area contributed by atoms with Crippen molar-refractivity contribution < 1.29 is 19.4 Å². The van der Waals surface area contributed by atoms with Gasteiger partial charge in [-0.2, -0.15) is 5.01 Å². The molecule has 6 nitrogen and oxygen atoms in total. The van der Waals surface area contributed by atoms with Crippen molar-refractivity contribution in [2.45, 2.75) is 25.2 Å². The standard InChI is InChI=1S/C32H28N2O4/c1-3-21-11-15-27-30(36)34(33-25-12-9-20(2)10-13-25)31(37)32(27,24-7-5-4-6-8-24)29(21)23-17-22-18-26(35)14-16-28(22)38-19-23/h3-14,16,18-19,27,29,33,35H,1,15,17H2,2H3. The SMILES string of the molecule is C=CC1=CCC2C(=O)N(Nc3ccc(C)cc3)C(=O)C2(c2ccccc2)C1C1=COc2ccc(O)cc2C1. The number of carbonyl (C=O) groups excluding carboxylic acids is 2. The van der Waals surface area contributed by atoms with E-state index in [0.717, 1.165) is 27.8 Å². The summed E-state index contributed by atoms with van der Waals surface area (Å²) in [7, 11) is 0. The number of benzene rings is 3. The summed E-state index contributed by atoms with van der Waals surface area (Å²) < 4.78 is 6.00. The summed E-state index contributed by atoms with van der Waals surface area (Å²) in [6.07, 6.45) is 6.37. The van der Waals surface area contributed by atoms with E-state index in [1.807, 2.05) is 67.6 Å². The molecule has 6 rings (SSSR count). The first-order valence-corrected chi connectivity index (χ1v) is 12.7. The number of amides is 2. The molecule has 2 N–H and O–H groups in total. The Labute approximate surface area is 221 Å². The Balaban J connectivity index is 1.51. The summed E-state index contributed by atoms with van der Waals surface area (Å²) in [5, 5.41) is 11.3. The van der Waals surface area contributed by atoms with Gasteiger partial charge < -0.3 is 9.84 Å². The number of phenols is 1. The van der Waals surface area contributed by atoms with Gasteiger partial charge in [0.25, 0.3) is 11.8 Å². The number of fused-ring (bicyclic) bond motifs is 2. The van der Waals surface area contributed by atoms with Gasteiger partial charge >= 0.3 is 0 Å². The highest BCUT2D eigenvalue weighted by atomic mass is 16.5. The molecule has 0 saturated carbocycles. The third-order valence-electron chi connectivity index (χ3n) is 7.93. The zero-order chi connectivity index (χ0) is 26.4. The maximum atomic E-state index is 14.6. The maximum Gasteiger partial charge on any atom is 0.260 e. The third kappa shape index (κ3) is 3.56. The van der Waals surface area contributed by atoms with Gasteiger partial charge in [0, 0.05) is 17.9 Å². The van der Waals surface area contributed by atoms with Crippen LogP contribution in [0.25, 0.3) is 0 Å². The Morgan fingerprint density at radius 2 is 1.84 bits per heavy atom. The van der Waals surface area contributed by atoms with E-state index in [0.29, 0.717) is 24.3 Å². The lowest BCUT2D eigenvalue weighted by molar-refractivity contribution is -0.138. The molecule has 3 aromatic rings. The molecule has 3 aromatic carbocycles. The van der Waals surface area contributed by atoms with Crippen molar-refractivity contribution in [2.24, 2.45) is 11.8 Å². The number of hydrazine groups is 1. The maximum absolute atomic E-state index is 14.6. The van der Waals surface area contributed by atoms with Crippen molar-refractivity contribution in [1.82, 2.24) is 5.01 Å². The highest BCUT2D eigenvalue weighted by molar-refractivity contribution is 6.12. The number of ether oxygens (including phenoxy) is 1. The minimum absolute atomic E-state index is 0.146. The van der Waals surface area contributed by atoms with Crippen molar-refractivity contribution in [3.05, 3.63) is 126 Å². The molecule has 0 aromatic heterocycles. The van der Waals surface area contributed by atoms with Crippen molar-refractivity contribution in [3.63, 3.8) is 0 Å². The molecule has 1 aliphatic carbocycles. The predicted octanol–water partition coefficient (Wildman–Crippen LogP) is 5.60. The minimum atomic E-state index is -1.20. The van der Waals surface area contributed by atoms with E-state index in [-0.39, 0.29) is 17.6 Å². The highest BCUT2D eigenvalue weighted by Gasteiger charge is 2.66. The second-order valence-corrected chi connectivity index (χ2v) is 10.1. The van der Waals surface area contributed by atoms with Gasteiger partial charge in [-0.05, 0) is 60.4 Å². The van der Waals surface area contributed by atoms with Crippen LogP contribution in [0.3, 0.4) is 0 Å². The summed E-state index contributed by atoms with van der Waals surface area (Å²) in [6.45, 7) is 6.05. The van der Waals surface area contributed by atoms with Crippen LogP contribution in [0, 0.1) is 18.8 Å². The van der Waals surface area contributed by atoms with Crippen LogP contribution in [-0.2, 0) is 21.4 Å². The zero-order valence-electron chi connectivity index (χ0n) is 21.1. The molecule has 0 bridgehead atoms. The quantitative estimate of drug-likeness (QED) is 0.442. The fourth-order valence-corrected chi connectivity index (χ4v) is 6.20. The molecule has 0 radical (unpaired) electrons. The average molecular weight is 505 g/mol. The number of phenolic OH excluding ortho intramolecular Hbond substituents is 1. The first-order valence-electron chi connectivity index (χ1n) is 12.7. The smallest absolute Gasteiger partial charge is 0.260 e. The Bertz CT molecular complexity index is 1510. The molecule has 3 aliphatic rings. The molecule has 2 heterocycles. The van der Waals surface area contributed by atoms with Gasteiger partial charge in [-0.3, -0.25) is 15.0 Å². The topological polar surface area (TPSA) is 78.9 Å². The van der Waals surface area contributed by atoms with Crippen molar-refractivity contribution in [1.29, 1.82) is 0 Å². The summed E-state index contributed by atoms with van der Waals surface area (Å²) >= 11 is 0. The van der Waals surface area contributed by atoms with Gasteiger partial charge in [-0.25, -0.2) is 0 Å². The van der Waals surface area contributed by atoms with Gasteiger partial charge in [0.2, 0.25) is 0 Å². The number of anilines is 1. The number of hydrogen-bond acceptors (Lipinski definition) is 5. The van der Waals surface area contributed by atoms with Crippen LogP contribution in [0.4, 0.5) is 5.69 Å². The van der Waals surface area contributed by atoms with Crippen LogP contribution < -0.4 is 10.2 Å². The van der Waals surface area contributed by atoms with Crippen LogP contribution in [0.5, 0.6) is 11.5 Å². The number of carbonyl (C=O) groups is 2.